The first kappa shape index (κ1) is 26.0. The number of nitrogens with two attached hydrogens (primary N) is 2. The van der Waals surface area contributed by atoms with Gasteiger partial charge in [-0.1, -0.05) is 96.9 Å². The second-order valence-corrected chi connectivity index (χ2v) is 10.9. The van der Waals surface area contributed by atoms with Gasteiger partial charge in [-0.2, -0.15) is 0 Å². The maximum atomic E-state index is 11.2. The highest BCUT2D eigenvalue weighted by Gasteiger charge is 2.47. The number of aromatic hydroxyl groups is 2. The molecule has 1 aliphatic carbocycles. The molecule has 0 saturated carbocycles. The van der Waals surface area contributed by atoms with E-state index in [1.54, 1.807) is 0 Å². The largest absolute Gasteiger partial charge is 0.505 e. The van der Waals surface area contributed by atoms with E-state index in [9.17, 15) is 10.2 Å². The van der Waals surface area contributed by atoms with Crippen LogP contribution in [0.25, 0.3) is 33.4 Å². The molecule has 0 aromatic heterocycles. The standard InChI is InChI=1S/C39H28N2O2/c1-2-24-17-18-30-29-15-9-10-16-33(29)39(34(30)19-24,27-20-31(37(42)35(40)22-27)25-11-5-3-6-12-25)28-21-32(38(43)36(41)23-28)26-13-7-4-8-14-26/h1,3-23,42-43H,40-41H2. The van der Waals surface area contributed by atoms with Crippen molar-refractivity contribution in [2.45, 2.75) is 5.41 Å². The molecule has 0 spiro atoms. The van der Waals surface area contributed by atoms with Crippen molar-refractivity contribution < 1.29 is 10.2 Å². The lowest BCUT2D eigenvalue weighted by molar-refractivity contribution is 0.479. The zero-order valence-electron chi connectivity index (χ0n) is 23.3. The van der Waals surface area contributed by atoms with E-state index in [-0.39, 0.29) is 22.9 Å². The second kappa shape index (κ2) is 9.87. The summed E-state index contributed by atoms with van der Waals surface area (Å²) in [6, 6.07) is 41.4. The number of phenolic OH excluding ortho intramolecular Hbond substituents is 2. The molecule has 6 N–H and O–H groups in total. The number of terminal acetylenes is 1. The van der Waals surface area contributed by atoms with Crippen molar-refractivity contribution in [3.05, 3.63) is 155 Å². The maximum Gasteiger partial charge on any atom is 0.146 e. The molecule has 0 amide bonds. The summed E-state index contributed by atoms with van der Waals surface area (Å²) in [5.41, 5.74) is 22.2. The molecule has 0 heterocycles. The minimum Gasteiger partial charge on any atom is -0.505 e. The summed E-state index contributed by atoms with van der Waals surface area (Å²) in [7, 11) is 0. The molecule has 0 aliphatic heterocycles. The highest BCUT2D eigenvalue weighted by Crippen LogP contribution is 2.58. The zero-order chi connectivity index (χ0) is 29.7. The van der Waals surface area contributed by atoms with Crippen LogP contribution in [-0.2, 0) is 5.41 Å². The quantitative estimate of drug-likeness (QED) is 0.101. The van der Waals surface area contributed by atoms with E-state index in [0.29, 0.717) is 11.1 Å². The fourth-order valence-corrected chi connectivity index (χ4v) is 6.58. The molecule has 0 bridgehead atoms. The van der Waals surface area contributed by atoms with E-state index < -0.39 is 5.41 Å². The molecule has 0 atom stereocenters. The highest BCUT2D eigenvalue weighted by atomic mass is 16.3. The van der Waals surface area contributed by atoms with E-state index >= 15 is 0 Å². The molecular formula is C39H28N2O2. The Labute approximate surface area is 250 Å². The minimum absolute atomic E-state index is 0.0178. The Morgan fingerprint density at radius 3 is 1.53 bits per heavy atom. The number of fused-ring (bicyclic) bond motifs is 3. The van der Waals surface area contributed by atoms with Gasteiger partial charge in [0, 0.05) is 16.7 Å². The van der Waals surface area contributed by atoms with Crippen LogP contribution in [0.2, 0.25) is 0 Å². The van der Waals surface area contributed by atoms with Gasteiger partial charge < -0.3 is 21.7 Å². The lowest BCUT2D eigenvalue weighted by atomic mass is 9.66. The predicted octanol–water partition coefficient (Wildman–Crippen LogP) is 7.94. The van der Waals surface area contributed by atoms with Gasteiger partial charge in [-0.15, -0.1) is 6.42 Å². The lowest BCUT2D eigenvalue weighted by Gasteiger charge is -2.35. The number of rotatable bonds is 4. The molecule has 0 radical (unpaired) electrons. The summed E-state index contributed by atoms with van der Waals surface area (Å²) >= 11 is 0. The van der Waals surface area contributed by atoms with Gasteiger partial charge in [-0.3, -0.25) is 0 Å². The molecule has 6 aromatic carbocycles. The summed E-state index contributed by atoms with van der Waals surface area (Å²) in [5, 5.41) is 22.4. The predicted molar refractivity (Wildman–Crippen MR) is 175 cm³/mol. The molecular weight excluding hydrogens is 528 g/mol. The Balaban J connectivity index is 1.66. The van der Waals surface area contributed by atoms with Crippen LogP contribution in [0.4, 0.5) is 11.4 Å². The van der Waals surface area contributed by atoms with Crippen molar-refractivity contribution in [1.82, 2.24) is 0 Å². The first-order valence-corrected chi connectivity index (χ1v) is 14.0. The average Bonchev–Trinajstić information content (AvgIpc) is 3.34. The average molecular weight is 557 g/mol. The first-order chi connectivity index (χ1) is 20.9. The van der Waals surface area contributed by atoms with E-state index in [2.05, 4.69) is 24.1 Å². The topological polar surface area (TPSA) is 92.5 Å². The molecule has 0 unspecified atom stereocenters. The Hall–Kier alpha value is -5.92. The van der Waals surface area contributed by atoms with Gasteiger partial charge in [-0.05, 0) is 80.9 Å². The SMILES string of the molecule is C#Cc1ccc2c(c1)C(c1cc(N)c(O)c(-c3ccccc3)c1)(c1cc(N)c(O)c(-c3ccccc3)c1)c1ccccc1-2. The Morgan fingerprint density at radius 1 is 0.512 bits per heavy atom. The molecule has 6 aromatic rings. The van der Waals surface area contributed by atoms with Crippen LogP contribution in [0, 0.1) is 12.3 Å². The van der Waals surface area contributed by atoms with Gasteiger partial charge in [-0.25, -0.2) is 0 Å². The van der Waals surface area contributed by atoms with E-state index in [0.717, 1.165) is 50.1 Å². The number of nitrogen functional groups attached to an aromatic ring is 2. The van der Waals surface area contributed by atoms with Crippen molar-refractivity contribution in [1.29, 1.82) is 0 Å². The number of benzene rings is 6. The minimum atomic E-state index is -0.935. The molecule has 0 fully saturated rings. The molecule has 206 valence electrons. The van der Waals surface area contributed by atoms with Crippen LogP contribution < -0.4 is 11.5 Å². The van der Waals surface area contributed by atoms with Crippen molar-refractivity contribution >= 4 is 11.4 Å². The van der Waals surface area contributed by atoms with Gasteiger partial charge in [0.15, 0.2) is 0 Å². The number of anilines is 2. The smallest absolute Gasteiger partial charge is 0.146 e. The molecule has 4 nitrogen and oxygen atoms in total. The first-order valence-electron chi connectivity index (χ1n) is 14.0. The van der Waals surface area contributed by atoms with Gasteiger partial charge in [0.05, 0.1) is 16.8 Å². The van der Waals surface area contributed by atoms with Crippen LogP contribution in [-0.4, -0.2) is 10.2 Å². The van der Waals surface area contributed by atoms with Crippen LogP contribution in [0.1, 0.15) is 27.8 Å². The molecule has 7 rings (SSSR count). The fraction of sp³-hybridized carbons (Fsp3) is 0.0256. The third-order valence-corrected chi connectivity index (χ3v) is 8.53. The van der Waals surface area contributed by atoms with Crippen LogP contribution in [0.5, 0.6) is 11.5 Å². The zero-order valence-corrected chi connectivity index (χ0v) is 23.3. The second-order valence-electron chi connectivity index (χ2n) is 10.9. The van der Waals surface area contributed by atoms with Crippen molar-refractivity contribution in [3.63, 3.8) is 0 Å². The Morgan fingerprint density at radius 2 is 1.00 bits per heavy atom. The Bertz CT molecular complexity index is 1980. The summed E-state index contributed by atoms with van der Waals surface area (Å²) in [6.45, 7) is 0. The normalized spacial score (nSPS) is 12.7. The number of hydrogen-bond acceptors (Lipinski definition) is 4. The van der Waals surface area contributed by atoms with Gasteiger partial charge in [0.2, 0.25) is 0 Å². The Kier molecular flexibility index (Phi) is 5.97. The maximum absolute atomic E-state index is 11.2. The fourth-order valence-electron chi connectivity index (χ4n) is 6.58. The summed E-state index contributed by atoms with van der Waals surface area (Å²) in [5.74, 6) is 2.85. The molecule has 1 aliphatic rings. The van der Waals surface area contributed by atoms with E-state index in [4.69, 9.17) is 17.9 Å². The van der Waals surface area contributed by atoms with Crippen LogP contribution >= 0.6 is 0 Å². The monoisotopic (exact) mass is 556 g/mol. The van der Waals surface area contributed by atoms with Crippen LogP contribution in [0.3, 0.4) is 0 Å². The number of phenols is 2. The summed E-state index contributed by atoms with van der Waals surface area (Å²) in [6.07, 6.45) is 5.95. The highest BCUT2D eigenvalue weighted by molar-refractivity contribution is 5.90. The lowest BCUT2D eigenvalue weighted by Crippen LogP contribution is -2.29. The van der Waals surface area contributed by atoms with Crippen molar-refractivity contribution in [2.75, 3.05) is 11.5 Å². The van der Waals surface area contributed by atoms with E-state index in [1.165, 1.54) is 0 Å². The van der Waals surface area contributed by atoms with Crippen LogP contribution in [0.15, 0.2) is 127 Å². The summed E-state index contributed by atoms with van der Waals surface area (Å²) < 4.78 is 0. The van der Waals surface area contributed by atoms with Gasteiger partial charge in [0.1, 0.15) is 11.5 Å². The third-order valence-electron chi connectivity index (χ3n) is 8.53. The summed E-state index contributed by atoms with van der Waals surface area (Å²) in [4.78, 5) is 0. The van der Waals surface area contributed by atoms with E-state index in [1.807, 2.05) is 109 Å². The third kappa shape index (κ3) is 3.87. The van der Waals surface area contributed by atoms with Gasteiger partial charge in [0.25, 0.3) is 0 Å². The molecule has 4 heteroatoms. The van der Waals surface area contributed by atoms with Gasteiger partial charge >= 0.3 is 0 Å². The molecule has 43 heavy (non-hydrogen) atoms. The van der Waals surface area contributed by atoms with Crippen molar-refractivity contribution in [3.8, 4) is 57.2 Å². The molecule has 0 saturated heterocycles. The van der Waals surface area contributed by atoms with Crippen molar-refractivity contribution in [2.24, 2.45) is 0 Å². The number of hydrogen-bond donors (Lipinski definition) is 4.